The second-order valence-corrected chi connectivity index (χ2v) is 10.8. The molecule has 29 heavy (non-hydrogen) atoms. The van der Waals surface area contributed by atoms with Gasteiger partial charge < -0.3 is 0 Å². The van der Waals surface area contributed by atoms with Gasteiger partial charge in [-0.1, -0.05) is 0 Å². The van der Waals surface area contributed by atoms with Gasteiger partial charge in [0.2, 0.25) is 0 Å². The van der Waals surface area contributed by atoms with E-state index in [-0.39, 0.29) is 11.2 Å². The Balaban J connectivity index is 2.01. The predicted molar refractivity (Wildman–Crippen MR) is 124 cm³/mol. The zero-order valence-corrected chi connectivity index (χ0v) is 19.0. The number of rotatable bonds is 3. The Bertz CT molecular complexity index is 1220. The summed E-state index contributed by atoms with van der Waals surface area (Å²) in [7, 11) is 0. The fourth-order valence-corrected chi connectivity index (χ4v) is 5.87. The van der Waals surface area contributed by atoms with Gasteiger partial charge in [-0.25, -0.2) is 0 Å². The second kappa shape index (κ2) is 7.75. The molecular weight excluding hydrogens is 420 g/mol. The van der Waals surface area contributed by atoms with Crippen LogP contribution in [0.25, 0.3) is 32.7 Å². The third-order valence-electron chi connectivity index (χ3n) is 5.05. The zero-order valence-electron chi connectivity index (χ0n) is 16.9. The summed E-state index contributed by atoms with van der Waals surface area (Å²) >= 11 is -1.00. The van der Waals surface area contributed by atoms with E-state index in [2.05, 4.69) is 43.8 Å². The van der Waals surface area contributed by atoms with Crippen molar-refractivity contribution >= 4 is 41.4 Å². The summed E-state index contributed by atoms with van der Waals surface area (Å²) in [6.07, 6.45) is 0. The summed E-state index contributed by atoms with van der Waals surface area (Å²) in [6.45, 7) is 6.26. The molecule has 0 saturated carbocycles. The van der Waals surface area contributed by atoms with Crippen molar-refractivity contribution in [3.63, 3.8) is 0 Å². The van der Waals surface area contributed by atoms with Gasteiger partial charge in [-0.3, -0.25) is 0 Å². The van der Waals surface area contributed by atoms with Crippen LogP contribution in [0.3, 0.4) is 0 Å². The van der Waals surface area contributed by atoms with Crippen LogP contribution in [0.5, 0.6) is 5.75 Å². The molecule has 1 N–H and O–H groups in total. The van der Waals surface area contributed by atoms with E-state index in [9.17, 15) is 5.11 Å². The molecule has 0 heterocycles. The molecule has 1 nitrogen and oxygen atoms in total. The minimum absolute atomic E-state index is 0.0186. The van der Waals surface area contributed by atoms with Crippen molar-refractivity contribution in [3.05, 3.63) is 78.4 Å². The van der Waals surface area contributed by atoms with Crippen LogP contribution >= 0.6 is 0 Å². The molecule has 0 aromatic heterocycles. The van der Waals surface area contributed by atoms with Gasteiger partial charge in [0.1, 0.15) is 0 Å². The van der Waals surface area contributed by atoms with Crippen molar-refractivity contribution < 1.29 is 9.50 Å². The molecule has 145 valence electrons. The number of hydrogen-bond acceptors (Lipinski definition) is 1. The van der Waals surface area contributed by atoms with Crippen LogP contribution in [0.15, 0.2) is 72.8 Å². The van der Waals surface area contributed by atoms with E-state index in [1.807, 2.05) is 54.6 Å². The van der Waals surface area contributed by atoms with Crippen LogP contribution < -0.4 is 0 Å². The van der Waals surface area contributed by atoms with Crippen molar-refractivity contribution in [1.82, 2.24) is 0 Å². The topological polar surface area (TPSA) is 20.2 Å². The fourth-order valence-electron chi connectivity index (χ4n) is 3.68. The van der Waals surface area contributed by atoms with E-state index in [1.165, 1.54) is 0 Å². The summed E-state index contributed by atoms with van der Waals surface area (Å²) in [5, 5.41) is 14.2. The summed E-state index contributed by atoms with van der Waals surface area (Å²) in [5.41, 5.74) is 2.05. The summed E-state index contributed by atoms with van der Waals surface area (Å²) in [4.78, 5) is 2.10. The number of aromatic hydroxyl groups is 1. The second-order valence-electron chi connectivity index (χ2n) is 8.48. The molecule has 0 bridgehead atoms. The SMILES string of the molecule is CC(C)(C)[CH]=[Ge][CH](F)c1cc2ccccc2c(-c2cccc3ccccc23)c1O. The Morgan fingerprint density at radius 1 is 0.862 bits per heavy atom. The fraction of sp³-hybridized carbons (Fsp3) is 0.192. The Morgan fingerprint density at radius 2 is 1.48 bits per heavy atom. The van der Waals surface area contributed by atoms with Crippen LogP contribution in [0.4, 0.5) is 4.39 Å². The molecule has 4 aromatic rings. The molecule has 0 fully saturated rings. The molecule has 0 amide bonds. The van der Waals surface area contributed by atoms with E-state index < -0.39 is 20.0 Å². The van der Waals surface area contributed by atoms with E-state index in [4.69, 9.17) is 0 Å². The van der Waals surface area contributed by atoms with E-state index >= 15 is 4.39 Å². The molecular formula is C26H24FGeO. The Labute approximate surface area is 177 Å². The van der Waals surface area contributed by atoms with Gasteiger partial charge >= 0.3 is 177 Å². The first-order valence-electron chi connectivity index (χ1n) is 9.82. The van der Waals surface area contributed by atoms with Crippen LogP contribution in [-0.4, -0.2) is 25.0 Å². The van der Waals surface area contributed by atoms with Gasteiger partial charge in [-0.05, 0) is 0 Å². The number of alkyl halides is 1. The number of phenols is 1. The quantitative estimate of drug-likeness (QED) is 0.342. The standard InChI is InChI=1S/C26H24FGeO/c1-26(2,3)16-28-25(27)22-15-18-10-5-7-13-20(18)23(24(22)29)21-14-8-11-17-9-4-6-12-19(17)21/h4-16,25,29H,1-3H3. The van der Waals surface area contributed by atoms with Crippen LogP contribution in [0.2, 0.25) is 0 Å². The van der Waals surface area contributed by atoms with Gasteiger partial charge in [0.15, 0.2) is 0 Å². The normalized spacial score (nSPS) is 13.4. The molecule has 3 heteroatoms. The maximum atomic E-state index is 15.3. The monoisotopic (exact) mass is 445 g/mol. The first-order valence-corrected chi connectivity index (χ1v) is 12.2. The number of benzene rings is 4. The van der Waals surface area contributed by atoms with Crippen molar-refractivity contribution in [1.29, 1.82) is 0 Å². The van der Waals surface area contributed by atoms with Gasteiger partial charge in [-0.2, -0.15) is 0 Å². The molecule has 1 atom stereocenters. The average Bonchev–Trinajstić information content (AvgIpc) is 2.71. The third-order valence-corrected chi connectivity index (χ3v) is 8.48. The Morgan fingerprint density at radius 3 is 2.21 bits per heavy atom. The first-order chi connectivity index (χ1) is 13.8. The van der Waals surface area contributed by atoms with Gasteiger partial charge in [0.05, 0.1) is 0 Å². The van der Waals surface area contributed by atoms with Crippen molar-refractivity contribution in [2.45, 2.75) is 25.8 Å². The molecule has 0 aliphatic heterocycles. The van der Waals surface area contributed by atoms with Crippen molar-refractivity contribution in [2.75, 3.05) is 0 Å². The van der Waals surface area contributed by atoms with Crippen LogP contribution in [0, 0.1) is 5.41 Å². The molecule has 1 unspecified atom stereocenters. The molecule has 0 aliphatic rings. The Kier molecular flexibility index (Phi) is 5.31. The van der Waals surface area contributed by atoms with Crippen LogP contribution in [-0.2, 0) is 0 Å². The summed E-state index contributed by atoms with van der Waals surface area (Å²) in [6, 6.07) is 23.9. The summed E-state index contributed by atoms with van der Waals surface area (Å²) < 4.78 is 15.3. The predicted octanol–water partition coefficient (Wildman–Crippen LogP) is 6.89. The Hall–Kier alpha value is -2.46. The number of fused-ring (bicyclic) bond motifs is 2. The van der Waals surface area contributed by atoms with Crippen molar-refractivity contribution in [2.24, 2.45) is 5.41 Å². The van der Waals surface area contributed by atoms with Crippen LogP contribution in [0.1, 0.15) is 31.3 Å². The molecule has 4 rings (SSSR count). The van der Waals surface area contributed by atoms with Crippen molar-refractivity contribution in [3.8, 4) is 16.9 Å². The number of hydrogen-bond donors (Lipinski definition) is 1. The molecule has 0 spiro atoms. The maximum absolute atomic E-state index is 15.3. The van der Waals surface area contributed by atoms with Gasteiger partial charge in [0.25, 0.3) is 0 Å². The average molecular weight is 444 g/mol. The summed E-state index contributed by atoms with van der Waals surface area (Å²) in [5.74, 6) is 0.0682. The molecule has 0 saturated heterocycles. The van der Waals surface area contributed by atoms with E-state index in [0.717, 1.165) is 32.7 Å². The first kappa shape index (κ1) is 19.8. The third kappa shape index (κ3) is 3.99. The molecule has 4 aromatic carbocycles. The minimum atomic E-state index is -1.13. The van der Waals surface area contributed by atoms with E-state index in [1.54, 1.807) is 0 Å². The van der Waals surface area contributed by atoms with Gasteiger partial charge in [-0.15, -0.1) is 0 Å². The number of halogens is 1. The van der Waals surface area contributed by atoms with Gasteiger partial charge in [0, 0.05) is 0 Å². The molecule has 1 radical (unpaired) electrons. The van der Waals surface area contributed by atoms with E-state index in [0.29, 0.717) is 5.56 Å². The molecule has 0 aliphatic carbocycles. The number of phenolic OH excluding ortho intramolecular Hbond substituents is 1. The zero-order chi connectivity index (χ0) is 20.6.